The molecule has 0 aromatic heterocycles. The third-order valence-corrected chi connectivity index (χ3v) is 7.33. The highest BCUT2D eigenvalue weighted by Gasteiger charge is 2.65. The topological polar surface area (TPSA) is 195 Å². The van der Waals surface area contributed by atoms with Gasteiger partial charge in [0.25, 0.3) is 5.91 Å². The molecule has 1 aromatic carbocycles. The fourth-order valence-electron chi connectivity index (χ4n) is 5.65. The molecular formula is C24H21NO9. The maximum Gasteiger partial charge on any atom is 0.255 e. The summed E-state index contributed by atoms with van der Waals surface area (Å²) in [5, 5.41) is 54.8. The van der Waals surface area contributed by atoms with Gasteiger partial charge in [0.2, 0.25) is 5.78 Å². The standard InChI is InChI=1S/C24H21NO9/c25-23(33)14-12(26)7-11-19(29)15-16(22(32)24(11,34)21(14)31)20(30)13-10(18(15)28)6-5-9(17(13)27)8-3-1-2-4-8/h3,5-6,11,15,19,27,29-31,34H,1-2,4,7H2,(H2,25,33)/t11-,15+,19-,24-/m1/s1. The summed E-state index contributed by atoms with van der Waals surface area (Å²) >= 11 is 0. The lowest BCUT2D eigenvalue weighted by molar-refractivity contribution is -0.158. The van der Waals surface area contributed by atoms with Crippen molar-refractivity contribution in [1.29, 1.82) is 0 Å². The van der Waals surface area contributed by atoms with E-state index in [1.807, 2.05) is 6.08 Å². The molecule has 0 spiro atoms. The number of fused-ring (bicyclic) bond motifs is 3. The highest BCUT2D eigenvalue weighted by molar-refractivity contribution is 6.25. The number of Topliss-reactive ketones (excluding diaryl/α,β-unsaturated/α-hetero) is 3. The lowest BCUT2D eigenvalue weighted by Crippen LogP contribution is -2.64. The maximum absolute atomic E-state index is 13.5. The molecule has 4 aliphatic rings. The van der Waals surface area contributed by atoms with Crippen LogP contribution in [0.3, 0.4) is 0 Å². The first-order valence-electron chi connectivity index (χ1n) is 10.8. The van der Waals surface area contributed by atoms with Crippen LogP contribution < -0.4 is 5.73 Å². The van der Waals surface area contributed by atoms with E-state index in [2.05, 4.69) is 0 Å². The fourth-order valence-corrected chi connectivity index (χ4v) is 5.65. The van der Waals surface area contributed by atoms with Crippen LogP contribution >= 0.6 is 0 Å². The van der Waals surface area contributed by atoms with Crippen molar-refractivity contribution >= 4 is 34.6 Å². The molecular weight excluding hydrogens is 446 g/mol. The Kier molecular flexibility index (Phi) is 4.62. The molecule has 10 heteroatoms. The largest absolute Gasteiger partial charge is 0.508 e. The van der Waals surface area contributed by atoms with Gasteiger partial charge in [-0.05, 0) is 30.9 Å². The van der Waals surface area contributed by atoms with Crippen LogP contribution in [0.2, 0.25) is 0 Å². The second-order valence-corrected chi connectivity index (χ2v) is 9.02. The van der Waals surface area contributed by atoms with E-state index in [4.69, 9.17) is 5.73 Å². The molecule has 10 nitrogen and oxygen atoms in total. The van der Waals surface area contributed by atoms with Crippen LogP contribution in [0.15, 0.2) is 35.1 Å². The first kappa shape index (κ1) is 22.1. The summed E-state index contributed by atoms with van der Waals surface area (Å²) in [5.41, 5.74) is 1.17. The molecule has 5 rings (SSSR count). The number of aromatic hydroxyl groups is 1. The summed E-state index contributed by atoms with van der Waals surface area (Å²) in [6.45, 7) is 0. The highest BCUT2D eigenvalue weighted by Crippen LogP contribution is 2.52. The molecule has 7 N–H and O–H groups in total. The molecule has 1 amide bonds. The number of amides is 1. The van der Waals surface area contributed by atoms with E-state index in [1.54, 1.807) is 0 Å². The van der Waals surface area contributed by atoms with Crippen molar-refractivity contribution in [1.82, 2.24) is 0 Å². The summed E-state index contributed by atoms with van der Waals surface area (Å²) < 4.78 is 0. The number of hydrogen-bond acceptors (Lipinski definition) is 9. The number of aliphatic hydroxyl groups is 4. The van der Waals surface area contributed by atoms with Gasteiger partial charge in [-0.25, -0.2) is 0 Å². The summed E-state index contributed by atoms with van der Waals surface area (Å²) in [6, 6.07) is 2.90. The number of allylic oxidation sites excluding steroid dienone is 2. The number of phenols is 1. The Morgan fingerprint density at radius 2 is 1.76 bits per heavy atom. The van der Waals surface area contributed by atoms with E-state index in [0.717, 1.165) is 18.4 Å². The highest BCUT2D eigenvalue weighted by atomic mass is 16.4. The Morgan fingerprint density at radius 1 is 1.09 bits per heavy atom. The van der Waals surface area contributed by atoms with Gasteiger partial charge in [-0.15, -0.1) is 0 Å². The van der Waals surface area contributed by atoms with Gasteiger partial charge in [-0.2, -0.15) is 0 Å². The predicted molar refractivity (Wildman–Crippen MR) is 115 cm³/mol. The van der Waals surface area contributed by atoms with Crippen LogP contribution in [0, 0.1) is 11.8 Å². The molecule has 176 valence electrons. The van der Waals surface area contributed by atoms with Crippen molar-refractivity contribution in [2.75, 3.05) is 0 Å². The number of nitrogens with two attached hydrogens (primary N) is 1. The quantitative estimate of drug-likeness (QED) is 0.338. The lowest BCUT2D eigenvalue weighted by atomic mass is 9.57. The van der Waals surface area contributed by atoms with Gasteiger partial charge in [0, 0.05) is 23.5 Å². The van der Waals surface area contributed by atoms with Gasteiger partial charge in [0.1, 0.15) is 22.8 Å². The Balaban J connectivity index is 1.76. The van der Waals surface area contributed by atoms with Crippen molar-refractivity contribution in [3.63, 3.8) is 0 Å². The van der Waals surface area contributed by atoms with Crippen molar-refractivity contribution in [3.8, 4) is 5.75 Å². The Hall–Kier alpha value is -3.76. The maximum atomic E-state index is 13.5. The molecule has 0 unspecified atom stereocenters. The summed E-state index contributed by atoms with van der Waals surface area (Å²) in [6.07, 6.45) is 1.63. The minimum absolute atomic E-state index is 0.136. The average Bonchev–Trinajstić information content (AvgIpc) is 3.31. The van der Waals surface area contributed by atoms with Crippen molar-refractivity contribution in [2.45, 2.75) is 37.4 Å². The van der Waals surface area contributed by atoms with Crippen LogP contribution in [0.5, 0.6) is 5.75 Å². The summed E-state index contributed by atoms with van der Waals surface area (Å²) in [4.78, 5) is 50.9. The third-order valence-electron chi connectivity index (χ3n) is 7.33. The van der Waals surface area contributed by atoms with E-state index in [0.29, 0.717) is 12.0 Å². The zero-order chi connectivity index (χ0) is 24.7. The van der Waals surface area contributed by atoms with Crippen LogP contribution in [-0.4, -0.2) is 60.5 Å². The van der Waals surface area contributed by atoms with Gasteiger partial charge in [-0.1, -0.05) is 12.1 Å². The number of carbonyl (C=O) groups excluding carboxylic acids is 4. The third kappa shape index (κ3) is 2.57. The zero-order valence-corrected chi connectivity index (χ0v) is 17.7. The normalized spacial score (nSPS) is 30.7. The molecule has 0 bridgehead atoms. The first-order valence-corrected chi connectivity index (χ1v) is 10.8. The van der Waals surface area contributed by atoms with E-state index in [9.17, 15) is 44.7 Å². The van der Waals surface area contributed by atoms with E-state index in [-0.39, 0.29) is 11.1 Å². The Morgan fingerprint density at radius 3 is 2.38 bits per heavy atom. The van der Waals surface area contributed by atoms with Crippen molar-refractivity contribution < 1.29 is 44.7 Å². The number of aliphatic hydroxyl groups excluding tert-OH is 3. The number of carbonyl (C=O) groups is 4. The molecule has 0 saturated heterocycles. The van der Waals surface area contributed by atoms with E-state index in [1.165, 1.54) is 12.1 Å². The summed E-state index contributed by atoms with van der Waals surface area (Å²) in [7, 11) is 0. The minimum Gasteiger partial charge on any atom is -0.508 e. The molecule has 0 radical (unpaired) electrons. The van der Waals surface area contributed by atoms with Gasteiger partial charge in [0.15, 0.2) is 17.2 Å². The molecule has 4 aliphatic carbocycles. The number of benzene rings is 1. The van der Waals surface area contributed by atoms with Crippen molar-refractivity contribution in [3.05, 3.63) is 51.8 Å². The smallest absolute Gasteiger partial charge is 0.255 e. The Bertz CT molecular complexity index is 1320. The SMILES string of the molecule is NC(=O)C1=C(O)[C@@]2(O)C(=O)C3=C(O)c4c(ccc(C5=CCCC5)c4O)C(=O)[C@H]3[C@H](O)[C@H]2CC1=O. The monoisotopic (exact) mass is 467 g/mol. The number of ketones is 3. The van der Waals surface area contributed by atoms with Crippen LogP contribution in [0.25, 0.3) is 11.3 Å². The molecule has 34 heavy (non-hydrogen) atoms. The number of primary amides is 1. The number of phenolic OH excluding ortho intramolecular Hbond substituents is 1. The molecule has 0 heterocycles. The predicted octanol–water partition coefficient (Wildman–Crippen LogP) is 0.602. The van der Waals surface area contributed by atoms with Gasteiger partial charge in [0.05, 0.1) is 23.2 Å². The molecule has 0 aliphatic heterocycles. The molecule has 1 aromatic rings. The minimum atomic E-state index is -2.98. The van der Waals surface area contributed by atoms with Gasteiger partial charge in [-0.3, -0.25) is 19.2 Å². The average molecular weight is 467 g/mol. The molecule has 1 saturated carbocycles. The molecule has 4 atom stereocenters. The zero-order valence-electron chi connectivity index (χ0n) is 17.7. The fraction of sp³-hybridized carbons (Fsp3) is 0.333. The van der Waals surface area contributed by atoms with E-state index < -0.39 is 81.6 Å². The van der Waals surface area contributed by atoms with Crippen LogP contribution in [-0.2, 0) is 14.4 Å². The van der Waals surface area contributed by atoms with E-state index >= 15 is 0 Å². The van der Waals surface area contributed by atoms with Gasteiger partial charge < -0.3 is 31.3 Å². The summed E-state index contributed by atoms with van der Waals surface area (Å²) in [5.74, 6) is -10.5. The van der Waals surface area contributed by atoms with Gasteiger partial charge >= 0.3 is 0 Å². The Labute approximate surface area is 192 Å². The number of hydrogen-bond donors (Lipinski definition) is 6. The van der Waals surface area contributed by atoms with Crippen LogP contribution in [0.1, 0.15) is 47.2 Å². The van der Waals surface area contributed by atoms with Crippen LogP contribution in [0.4, 0.5) is 0 Å². The van der Waals surface area contributed by atoms with Crippen molar-refractivity contribution in [2.24, 2.45) is 17.6 Å². The second-order valence-electron chi connectivity index (χ2n) is 9.02. The first-order chi connectivity index (χ1) is 16.0. The molecule has 1 fully saturated rings. The lowest BCUT2D eigenvalue weighted by Gasteiger charge is -2.48. The second kappa shape index (κ2) is 7.12. The number of rotatable bonds is 2.